The van der Waals surface area contributed by atoms with E-state index in [1.54, 1.807) is 0 Å². The van der Waals surface area contributed by atoms with E-state index in [1.807, 2.05) is 0 Å². The molecule has 100 valence electrons. The molecule has 0 radical (unpaired) electrons. The van der Waals surface area contributed by atoms with Gasteiger partial charge in [0.25, 0.3) is 0 Å². The maximum absolute atomic E-state index is 5.80. The molecule has 2 aliphatic rings. The lowest BCUT2D eigenvalue weighted by molar-refractivity contribution is 0.0601. The fourth-order valence-corrected chi connectivity index (χ4v) is 2.80. The lowest BCUT2D eigenvalue weighted by atomic mass is 10.1. The SMILES string of the molecule is C(CNCCOC1CCCC1)CC1CCCO1. The molecule has 1 saturated carbocycles. The van der Waals surface area contributed by atoms with Gasteiger partial charge in [-0.15, -0.1) is 0 Å². The monoisotopic (exact) mass is 241 g/mol. The van der Waals surface area contributed by atoms with Crippen molar-refractivity contribution in [3.8, 4) is 0 Å². The standard InChI is InChI=1S/C14H27NO2/c1-2-6-13(5-1)17-12-10-15-9-3-7-14-8-4-11-16-14/h13-15H,1-12H2. The summed E-state index contributed by atoms with van der Waals surface area (Å²) in [6.45, 7) is 3.97. The van der Waals surface area contributed by atoms with Gasteiger partial charge < -0.3 is 14.8 Å². The van der Waals surface area contributed by atoms with Crippen molar-refractivity contribution in [1.29, 1.82) is 0 Å². The quantitative estimate of drug-likeness (QED) is 0.662. The van der Waals surface area contributed by atoms with Crippen LogP contribution in [0.1, 0.15) is 51.4 Å². The molecule has 3 nitrogen and oxygen atoms in total. The minimum absolute atomic E-state index is 0.548. The van der Waals surface area contributed by atoms with Crippen molar-refractivity contribution in [3.05, 3.63) is 0 Å². The van der Waals surface area contributed by atoms with Crippen LogP contribution in [0.2, 0.25) is 0 Å². The molecule has 1 N–H and O–H groups in total. The summed E-state index contributed by atoms with van der Waals surface area (Å²) in [4.78, 5) is 0. The van der Waals surface area contributed by atoms with E-state index in [0.717, 1.165) is 26.3 Å². The number of hydrogen-bond donors (Lipinski definition) is 1. The van der Waals surface area contributed by atoms with Gasteiger partial charge in [0, 0.05) is 13.2 Å². The molecule has 1 unspecified atom stereocenters. The zero-order chi connectivity index (χ0) is 11.8. The molecular weight excluding hydrogens is 214 g/mol. The van der Waals surface area contributed by atoms with E-state index in [2.05, 4.69) is 5.32 Å². The summed E-state index contributed by atoms with van der Waals surface area (Å²) in [5.41, 5.74) is 0. The van der Waals surface area contributed by atoms with Crippen molar-refractivity contribution in [1.82, 2.24) is 5.32 Å². The van der Waals surface area contributed by atoms with E-state index < -0.39 is 0 Å². The van der Waals surface area contributed by atoms with Crippen molar-refractivity contribution in [2.75, 3.05) is 26.3 Å². The maximum Gasteiger partial charge on any atom is 0.0594 e. The van der Waals surface area contributed by atoms with Crippen molar-refractivity contribution in [2.45, 2.75) is 63.6 Å². The third kappa shape index (κ3) is 5.36. The average molecular weight is 241 g/mol. The molecule has 1 aliphatic heterocycles. The highest BCUT2D eigenvalue weighted by atomic mass is 16.5. The Balaban J connectivity index is 1.33. The lowest BCUT2D eigenvalue weighted by Crippen LogP contribution is -2.23. The van der Waals surface area contributed by atoms with E-state index in [-0.39, 0.29) is 0 Å². The fourth-order valence-electron chi connectivity index (χ4n) is 2.80. The van der Waals surface area contributed by atoms with Gasteiger partial charge in [-0.3, -0.25) is 0 Å². The van der Waals surface area contributed by atoms with Gasteiger partial charge in [-0.25, -0.2) is 0 Å². The van der Waals surface area contributed by atoms with Crippen LogP contribution in [0.3, 0.4) is 0 Å². The Morgan fingerprint density at radius 2 is 1.94 bits per heavy atom. The van der Waals surface area contributed by atoms with Gasteiger partial charge in [0.1, 0.15) is 0 Å². The predicted molar refractivity (Wildman–Crippen MR) is 69.3 cm³/mol. The van der Waals surface area contributed by atoms with Crippen LogP contribution in [0.25, 0.3) is 0 Å². The molecule has 0 aromatic rings. The Kier molecular flexibility index (Phi) is 6.32. The zero-order valence-corrected chi connectivity index (χ0v) is 11.0. The summed E-state index contributed by atoms with van der Waals surface area (Å²) in [6, 6.07) is 0. The van der Waals surface area contributed by atoms with Crippen LogP contribution in [-0.2, 0) is 9.47 Å². The van der Waals surface area contributed by atoms with Crippen LogP contribution in [0, 0.1) is 0 Å². The van der Waals surface area contributed by atoms with Gasteiger partial charge in [-0.05, 0) is 45.1 Å². The summed E-state index contributed by atoms with van der Waals surface area (Å²) in [5, 5.41) is 3.45. The highest BCUT2D eigenvalue weighted by Gasteiger charge is 2.15. The minimum Gasteiger partial charge on any atom is -0.378 e. The second kappa shape index (κ2) is 8.06. The summed E-state index contributed by atoms with van der Waals surface area (Å²) in [5.74, 6) is 0. The molecule has 0 amide bonds. The van der Waals surface area contributed by atoms with Crippen molar-refractivity contribution >= 4 is 0 Å². The highest BCUT2D eigenvalue weighted by molar-refractivity contribution is 4.67. The molecule has 1 aliphatic carbocycles. The molecule has 3 heteroatoms. The van der Waals surface area contributed by atoms with E-state index in [4.69, 9.17) is 9.47 Å². The highest BCUT2D eigenvalue weighted by Crippen LogP contribution is 2.20. The molecule has 17 heavy (non-hydrogen) atoms. The van der Waals surface area contributed by atoms with Gasteiger partial charge in [0.15, 0.2) is 0 Å². The first-order valence-electron chi connectivity index (χ1n) is 7.39. The van der Waals surface area contributed by atoms with E-state index >= 15 is 0 Å². The van der Waals surface area contributed by atoms with Crippen LogP contribution in [0.15, 0.2) is 0 Å². The Labute approximate surface area is 105 Å². The molecular formula is C14H27NO2. The van der Waals surface area contributed by atoms with Crippen molar-refractivity contribution in [2.24, 2.45) is 0 Å². The molecule has 1 heterocycles. The van der Waals surface area contributed by atoms with Crippen LogP contribution < -0.4 is 5.32 Å². The molecule has 0 aromatic carbocycles. The van der Waals surface area contributed by atoms with Gasteiger partial charge in [0.2, 0.25) is 0 Å². The molecule has 1 saturated heterocycles. The van der Waals surface area contributed by atoms with E-state index in [9.17, 15) is 0 Å². The molecule has 2 rings (SSSR count). The van der Waals surface area contributed by atoms with Crippen LogP contribution >= 0.6 is 0 Å². The van der Waals surface area contributed by atoms with Crippen LogP contribution in [0.5, 0.6) is 0 Å². The Morgan fingerprint density at radius 3 is 2.71 bits per heavy atom. The van der Waals surface area contributed by atoms with Gasteiger partial charge >= 0.3 is 0 Å². The van der Waals surface area contributed by atoms with Crippen molar-refractivity contribution < 1.29 is 9.47 Å². The minimum atomic E-state index is 0.548. The first kappa shape index (κ1) is 13.3. The molecule has 2 fully saturated rings. The predicted octanol–water partition coefficient (Wildman–Crippen LogP) is 2.49. The van der Waals surface area contributed by atoms with Gasteiger partial charge in [0.05, 0.1) is 18.8 Å². The van der Waals surface area contributed by atoms with Crippen LogP contribution in [0.4, 0.5) is 0 Å². The molecule has 0 spiro atoms. The van der Waals surface area contributed by atoms with Crippen molar-refractivity contribution in [3.63, 3.8) is 0 Å². The first-order chi connectivity index (χ1) is 8.45. The Hall–Kier alpha value is -0.120. The normalized spacial score (nSPS) is 25.8. The Bertz CT molecular complexity index is 167. The maximum atomic E-state index is 5.80. The Morgan fingerprint density at radius 1 is 1.06 bits per heavy atom. The summed E-state index contributed by atoms with van der Waals surface area (Å²) in [7, 11) is 0. The number of rotatable bonds is 8. The molecule has 0 aromatic heterocycles. The average Bonchev–Trinajstić information content (AvgIpc) is 3.00. The third-order valence-electron chi connectivity index (χ3n) is 3.84. The number of nitrogens with one attached hydrogen (secondary N) is 1. The smallest absolute Gasteiger partial charge is 0.0594 e. The summed E-state index contributed by atoms with van der Waals surface area (Å²) >= 11 is 0. The lowest BCUT2D eigenvalue weighted by Gasteiger charge is -2.12. The van der Waals surface area contributed by atoms with Gasteiger partial charge in [-0.1, -0.05) is 12.8 Å². The van der Waals surface area contributed by atoms with E-state index in [0.29, 0.717) is 12.2 Å². The second-order valence-electron chi connectivity index (χ2n) is 5.30. The zero-order valence-electron chi connectivity index (χ0n) is 11.0. The third-order valence-corrected chi connectivity index (χ3v) is 3.84. The number of hydrogen-bond acceptors (Lipinski definition) is 3. The molecule has 0 bridgehead atoms. The summed E-state index contributed by atoms with van der Waals surface area (Å²) < 4.78 is 11.4. The van der Waals surface area contributed by atoms with Gasteiger partial charge in [-0.2, -0.15) is 0 Å². The summed E-state index contributed by atoms with van der Waals surface area (Å²) in [6.07, 6.45) is 11.4. The second-order valence-corrected chi connectivity index (χ2v) is 5.30. The van der Waals surface area contributed by atoms with Crippen LogP contribution in [-0.4, -0.2) is 38.5 Å². The molecule has 1 atom stereocenters. The largest absolute Gasteiger partial charge is 0.378 e. The van der Waals surface area contributed by atoms with E-state index in [1.165, 1.54) is 51.4 Å². The topological polar surface area (TPSA) is 30.5 Å². The first-order valence-corrected chi connectivity index (χ1v) is 7.39. The fraction of sp³-hybridized carbons (Fsp3) is 1.00. The number of ether oxygens (including phenoxy) is 2.